The number of aromatic nitrogens is 1. The maximum atomic E-state index is 10.1. The predicted molar refractivity (Wildman–Crippen MR) is 70.3 cm³/mol. The SMILES string of the molecule is Cc1ncsc1CCOc1ccc(N=C=O)cc1. The average molecular weight is 260 g/mol. The molecule has 0 aliphatic rings. The molecule has 0 N–H and O–H groups in total. The summed E-state index contributed by atoms with van der Waals surface area (Å²) in [5, 5.41) is 0. The molecule has 1 heterocycles. The number of hydrogen-bond donors (Lipinski definition) is 0. The second-order valence-electron chi connectivity index (χ2n) is 3.66. The van der Waals surface area contributed by atoms with Crippen molar-refractivity contribution >= 4 is 23.1 Å². The van der Waals surface area contributed by atoms with Crippen LogP contribution in [0.1, 0.15) is 10.6 Å². The molecule has 0 saturated heterocycles. The number of hydrogen-bond acceptors (Lipinski definition) is 5. The molecular formula is C13H12N2O2S. The van der Waals surface area contributed by atoms with E-state index >= 15 is 0 Å². The highest BCUT2D eigenvalue weighted by molar-refractivity contribution is 7.09. The standard InChI is InChI=1S/C13H12N2O2S/c1-10-13(18-9-15-10)6-7-17-12-4-2-11(3-5-12)14-8-16/h2-5,9H,6-7H2,1H3. The first kappa shape index (κ1) is 12.5. The zero-order valence-electron chi connectivity index (χ0n) is 9.92. The van der Waals surface area contributed by atoms with E-state index in [1.165, 1.54) is 11.0 Å². The lowest BCUT2D eigenvalue weighted by Gasteiger charge is -2.05. The number of aryl methyl sites for hydroxylation is 1. The number of benzene rings is 1. The Morgan fingerprint density at radius 3 is 2.78 bits per heavy atom. The molecule has 92 valence electrons. The number of thiazole rings is 1. The topological polar surface area (TPSA) is 51.6 Å². The van der Waals surface area contributed by atoms with Gasteiger partial charge in [-0.1, -0.05) is 0 Å². The van der Waals surface area contributed by atoms with Crippen molar-refractivity contribution in [1.82, 2.24) is 4.98 Å². The van der Waals surface area contributed by atoms with Crippen LogP contribution in [-0.2, 0) is 11.2 Å². The van der Waals surface area contributed by atoms with E-state index in [9.17, 15) is 4.79 Å². The summed E-state index contributed by atoms with van der Waals surface area (Å²) in [6.07, 6.45) is 2.35. The van der Waals surface area contributed by atoms with Crippen LogP contribution in [0.25, 0.3) is 0 Å². The fraction of sp³-hybridized carbons (Fsp3) is 0.231. The van der Waals surface area contributed by atoms with Crippen molar-refractivity contribution in [3.63, 3.8) is 0 Å². The summed E-state index contributed by atoms with van der Waals surface area (Å²) in [7, 11) is 0. The van der Waals surface area contributed by atoms with Crippen LogP contribution in [0.5, 0.6) is 5.75 Å². The monoisotopic (exact) mass is 260 g/mol. The summed E-state index contributed by atoms with van der Waals surface area (Å²) in [6, 6.07) is 7.02. The van der Waals surface area contributed by atoms with Gasteiger partial charge in [0.05, 0.1) is 23.5 Å². The van der Waals surface area contributed by atoms with Crippen LogP contribution in [0.3, 0.4) is 0 Å². The molecule has 1 aromatic carbocycles. The van der Waals surface area contributed by atoms with Crippen molar-refractivity contribution in [2.24, 2.45) is 4.99 Å². The van der Waals surface area contributed by atoms with E-state index in [-0.39, 0.29) is 0 Å². The van der Waals surface area contributed by atoms with Gasteiger partial charge in [0.2, 0.25) is 6.08 Å². The van der Waals surface area contributed by atoms with Crippen molar-refractivity contribution < 1.29 is 9.53 Å². The molecule has 0 radical (unpaired) electrons. The van der Waals surface area contributed by atoms with Crippen LogP contribution >= 0.6 is 11.3 Å². The Morgan fingerprint density at radius 2 is 2.17 bits per heavy atom. The second-order valence-corrected chi connectivity index (χ2v) is 4.60. The third-order valence-corrected chi connectivity index (χ3v) is 3.45. The van der Waals surface area contributed by atoms with Gasteiger partial charge in [0.1, 0.15) is 5.75 Å². The summed E-state index contributed by atoms with van der Waals surface area (Å²) in [5.41, 5.74) is 3.49. The Balaban J connectivity index is 1.87. The van der Waals surface area contributed by atoms with Crippen LogP contribution in [-0.4, -0.2) is 17.7 Å². The van der Waals surface area contributed by atoms with Crippen molar-refractivity contribution in [3.05, 3.63) is 40.3 Å². The molecule has 4 nitrogen and oxygen atoms in total. The van der Waals surface area contributed by atoms with Crippen LogP contribution in [0.4, 0.5) is 5.69 Å². The lowest BCUT2D eigenvalue weighted by Crippen LogP contribution is -2.00. The minimum absolute atomic E-state index is 0.579. The molecule has 2 rings (SSSR count). The number of ether oxygens (including phenoxy) is 1. The minimum atomic E-state index is 0.579. The van der Waals surface area contributed by atoms with Gasteiger partial charge < -0.3 is 4.74 Å². The van der Waals surface area contributed by atoms with Gasteiger partial charge in [0.15, 0.2) is 0 Å². The molecule has 2 aromatic rings. The van der Waals surface area contributed by atoms with Gasteiger partial charge in [0, 0.05) is 11.3 Å². The molecular weight excluding hydrogens is 248 g/mol. The normalized spacial score (nSPS) is 9.83. The van der Waals surface area contributed by atoms with Gasteiger partial charge in [-0.3, -0.25) is 0 Å². The summed E-state index contributed by atoms with van der Waals surface area (Å²) in [6.45, 7) is 2.61. The summed E-state index contributed by atoms with van der Waals surface area (Å²) < 4.78 is 5.61. The molecule has 0 aliphatic heterocycles. The van der Waals surface area contributed by atoms with Gasteiger partial charge in [-0.25, -0.2) is 9.78 Å². The van der Waals surface area contributed by atoms with E-state index in [4.69, 9.17) is 4.74 Å². The lowest BCUT2D eigenvalue weighted by molar-refractivity contribution is 0.322. The van der Waals surface area contributed by atoms with E-state index in [0.717, 1.165) is 17.9 Å². The number of carbonyl (C=O) groups excluding carboxylic acids is 1. The maximum absolute atomic E-state index is 10.1. The van der Waals surface area contributed by atoms with Crippen molar-refractivity contribution in [1.29, 1.82) is 0 Å². The fourth-order valence-corrected chi connectivity index (χ4v) is 2.26. The Morgan fingerprint density at radius 1 is 1.39 bits per heavy atom. The van der Waals surface area contributed by atoms with E-state index in [1.54, 1.807) is 35.6 Å². The van der Waals surface area contributed by atoms with Crippen molar-refractivity contribution in [2.45, 2.75) is 13.3 Å². The van der Waals surface area contributed by atoms with Gasteiger partial charge in [-0.15, -0.1) is 11.3 Å². The number of aliphatic imine (C=N–C) groups is 1. The lowest BCUT2D eigenvalue weighted by atomic mass is 10.3. The van der Waals surface area contributed by atoms with E-state index in [0.29, 0.717) is 12.3 Å². The first-order chi connectivity index (χ1) is 8.79. The Hall–Kier alpha value is -1.97. The molecule has 0 saturated carbocycles. The quantitative estimate of drug-likeness (QED) is 0.613. The molecule has 0 unspecified atom stereocenters. The smallest absolute Gasteiger partial charge is 0.240 e. The molecule has 0 bridgehead atoms. The number of isocyanates is 1. The molecule has 0 atom stereocenters. The largest absolute Gasteiger partial charge is 0.493 e. The molecule has 0 spiro atoms. The van der Waals surface area contributed by atoms with Crippen LogP contribution in [0.15, 0.2) is 34.8 Å². The van der Waals surface area contributed by atoms with Crippen LogP contribution in [0, 0.1) is 6.92 Å². The maximum Gasteiger partial charge on any atom is 0.240 e. The third kappa shape index (κ3) is 3.26. The van der Waals surface area contributed by atoms with Gasteiger partial charge in [0.25, 0.3) is 0 Å². The van der Waals surface area contributed by atoms with E-state index in [1.807, 2.05) is 12.4 Å². The minimum Gasteiger partial charge on any atom is -0.493 e. The first-order valence-corrected chi connectivity index (χ1v) is 6.37. The van der Waals surface area contributed by atoms with Gasteiger partial charge in [-0.05, 0) is 31.2 Å². The Kier molecular flexibility index (Phi) is 4.23. The zero-order chi connectivity index (χ0) is 12.8. The fourth-order valence-electron chi connectivity index (χ4n) is 1.50. The molecule has 0 amide bonds. The molecule has 18 heavy (non-hydrogen) atoms. The highest BCUT2D eigenvalue weighted by Crippen LogP contribution is 2.18. The van der Waals surface area contributed by atoms with Crippen LogP contribution in [0.2, 0.25) is 0 Å². The predicted octanol–water partition coefficient (Wildman–Crippen LogP) is 3.04. The first-order valence-electron chi connectivity index (χ1n) is 5.49. The number of nitrogens with zero attached hydrogens (tertiary/aromatic N) is 2. The van der Waals surface area contributed by atoms with Crippen molar-refractivity contribution in [2.75, 3.05) is 6.61 Å². The summed E-state index contributed by atoms with van der Waals surface area (Å²) >= 11 is 1.64. The Bertz CT molecular complexity index is 557. The van der Waals surface area contributed by atoms with E-state index < -0.39 is 0 Å². The van der Waals surface area contributed by atoms with Crippen LogP contribution < -0.4 is 4.74 Å². The zero-order valence-corrected chi connectivity index (χ0v) is 10.7. The highest BCUT2D eigenvalue weighted by Gasteiger charge is 2.01. The summed E-state index contributed by atoms with van der Waals surface area (Å²) in [5.74, 6) is 0.766. The number of rotatable bonds is 5. The Labute approximate surface area is 109 Å². The van der Waals surface area contributed by atoms with Crippen molar-refractivity contribution in [3.8, 4) is 5.75 Å². The van der Waals surface area contributed by atoms with Gasteiger partial charge >= 0.3 is 0 Å². The van der Waals surface area contributed by atoms with E-state index in [2.05, 4.69) is 9.98 Å². The third-order valence-electron chi connectivity index (χ3n) is 2.45. The summed E-state index contributed by atoms with van der Waals surface area (Å²) in [4.78, 5) is 19.0. The molecule has 5 heteroatoms. The second kappa shape index (κ2) is 6.10. The molecule has 0 aliphatic carbocycles. The molecule has 1 aromatic heterocycles. The van der Waals surface area contributed by atoms with Gasteiger partial charge in [-0.2, -0.15) is 4.99 Å². The average Bonchev–Trinajstić information content (AvgIpc) is 2.78. The highest BCUT2D eigenvalue weighted by atomic mass is 32.1. The molecule has 0 fully saturated rings.